The van der Waals surface area contributed by atoms with Gasteiger partial charge in [-0.25, -0.2) is 0 Å². The maximum Gasteiger partial charge on any atom is 0.219 e. The Morgan fingerprint density at radius 2 is 2.29 bits per heavy atom. The number of anilines is 1. The molecule has 1 aromatic carbocycles. The summed E-state index contributed by atoms with van der Waals surface area (Å²) >= 11 is 5.89. The van der Waals surface area contributed by atoms with Crippen molar-refractivity contribution in [2.45, 2.75) is 12.8 Å². The quantitative estimate of drug-likeness (QED) is 0.788. The van der Waals surface area contributed by atoms with Gasteiger partial charge in [0.25, 0.3) is 0 Å². The maximum atomic E-state index is 11.0. The van der Waals surface area contributed by atoms with Gasteiger partial charge in [0.05, 0.1) is 16.3 Å². The molecule has 0 aliphatic rings. The molecule has 0 atom stereocenters. The summed E-state index contributed by atoms with van der Waals surface area (Å²) < 4.78 is 0. The number of hydrogen-bond donors (Lipinski definition) is 2. The third kappa shape index (κ3) is 3.97. The number of nitrogens with one attached hydrogen (secondary N) is 2. The summed E-state index contributed by atoms with van der Waals surface area (Å²) in [6, 6.07) is 7.31. The van der Waals surface area contributed by atoms with E-state index in [-0.39, 0.29) is 5.91 Å². The monoisotopic (exact) mass is 251 g/mol. The molecule has 1 rings (SSSR count). The van der Waals surface area contributed by atoms with Crippen molar-refractivity contribution < 1.29 is 4.79 Å². The molecule has 4 nitrogen and oxygen atoms in total. The van der Waals surface area contributed by atoms with Crippen molar-refractivity contribution in [3.8, 4) is 6.07 Å². The molecule has 2 N–H and O–H groups in total. The van der Waals surface area contributed by atoms with Crippen LogP contribution < -0.4 is 10.6 Å². The van der Waals surface area contributed by atoms with Crippen molar-refractivity contribution >= 4 is 23.2 Å². The predicted octanol–water partition coefficient (Wildman–Crippen LogP) is 2.15. The molecule has 0 aliphatic heterocycles. The zero-order valence-corrected chi connectivity index (χ0v) is 10.3. The van der Waals surface area contributed by atoms with Gasteiger partial charge in [-0.1, -0.05) is 17.7 Å². The molecule has 0 aliphatic carbocycles. The Hall–Kier alpha value is -1.73. The molecule has 0 bridgehead atoms. The molecule has 90 valence electrons. The summed E-state index contributed by atoms with van der Waals surface area (Å²) in [5, 5.41) is 15.0. The molecule has 0 heterocycles. The number of halogens is 1. The molecule has 1 aromatic rings. The second-order valence-electron chi connectivity index (χ2n) is 3.48. The van der Waals surface area contributed by atoms with E-state index in [1.807, 2.05) is 0 Å². The number of amides is 1. The van der Waals surface area contributed by atoms with Crippen LogP contribution in [-0.4, -0.2) is 19.5 Å². The Bertz CT molecular complexity index is 440. The first-order valence-electron chi connectivity index (χ1n) is 5.32. The Morgan fingerprint density at radius 1 is 1.53 bits per heavy atom. The van der Waals surface area contributed by atoms with E-state index >= 15 is 0 Å². The van der Waals surface area contributed by atoms with Crippen LogP contribution in [0.4, 0.5) is 5.69 Å². The van der Waals surface area contributed by atoms with Gasteiger partial charge in [0.2, 0.25) is 5.91 Å². The fraction of sp³-hybridized carbons (Fsp3) is 0.333. The number of nitrogens with zero attached hydrogens (tertiary/aromatic N) is 1. The van der Waals surface area contributed by atoms with Gasteiger partial charge >= 0.3 is 0 Å². The summed E-state index contributed by atoms with van der Waals surface area (Å²) in [5.74, 6) is 0.0124. The average molecular weight is 252 g/mol. The molecule has 0 saturated heterocycles. The summed E-state index contributed by atoms with van der Waals surface area (Å²) in [5.41, 5.74) is 1.14. The normalized spacial score (nSPS) is 9.47. The molecule has 17 heavy (non-hydrogen) atoms. The van der Waals surface area contributed by atoms with Crippen LogP contribution >= 0.6 is 11.6 Å². The minimum Gasteiger partial charge on any atom is -0.384 e. The van der Waals surface area contributed by atoms with Crippen LogP contribution in [0.25, 0.3) is 0 Å². The molecular formula is C12H14ClN3O. The van der Waals surface area contributed by atoms with E-state index in [0.29, 0.717) is 35.7 Å². The van der Waals surface area contributed by atoms with Gasteiger partial charge in [-0.3, -0.25) is 4.79 Å². The van der Waals surface area contributed by atoms with Crippen molar-refractivity contribution in [1.29, 1.82) is 5.26 Å². The standard InChI is InChI=1S/C12H14ClN3O/c1-15-12(17)6-3-7-16-11-5-2-4-10(13)9(11)8-14/h2,4-5,16H,3,6-7H2,1H3,(H,15,17). The highest BCUT2D eigenvalue weighted by Gasteiger charge is 2.05. The number of carbonyl (C=O) groups is 1. The minimum absolute atomic E-state index is 0.0124. The van der Waals surface area contributed by atoms with Gasteiger partial charge in [-0.2, -0.15) is 5.26 Å². The summed E-state index contributed by atoms with van der Waals surface area (Å²) in [6.45, 7) is 0.627. The molecule has 5 heteroatoms. The van der Waals surface area contributed by atoms with Gasteiger partial charge in [-0.05, 0) is 18.6 Å². The molecule has 0 radical (unpaired) electrons. The molecule has 0 unspecified atom stereocenters. The first kappa shape index (κ1) is 13.3. The smallest absolute Gasteiger partial charge is 0.219 e. The zero-order valence-electron chi connectivity index (χ0n) is 9.59. The lowest BCUT2D eigenvalue weighted by molar-refractivity contribution is -0.120. The topological polar surface area (TPSA) is 64.9 Å². The first-order chi connectivity index (χ1) is 8.19. The van der Waals surface area contributed by atoms with E-state index in [1.165, 1.54) is 0 Å². The minimum atomic E-state index is 0.0124. The third-order valence-electron chi connectivity index (χ3n) is 2.30. The molecular weight excluding hydrogens is 238 g/mol. The fourth-order valence-corrected chi connectivity index (χ4v) is 1.60. The average Bonchev–Trinajstić information content (AvgIpc) is 2.34. The zero-order chi connectivity index (χ0) is 12.7. The van der Waals surface area contributed by atoms with Crippen LogP contribution in [-0.2, 0) is 4.79 Å². The van der Waals surface area contributed by atoms with E-state index in [2.05, 4.69) is 16.7 Å². The van der Waals surface area contributed by atoms with E-state index in [1.54, 1.807) is 25.2 Å². The third-order valence-corrected chi connectivity index (χ3v) is 2.62. The second-order valence-corrected chi connectivity index (χ2v) is 3.88. The number of carbonyl (C=O) groups excluding carboxylic acids is 1. The maximum absolute atomic E-state index is 11.0. The van der Waals surface area contributed by atoms with Crippen molar-refractivity contribution in [3.63, 3.8) is 0 Å². The Balaban J connectivity index is 2.50. The van der Waals surface area contributed by atoms with Gasteiger partial charge in [-0.15, -0.1) is 0 Å². The Kier molecular flexibility index (Phi) is 5.31. The van der Waals surface area contributed by atoms with Crippen LogP contribution in [0.5, 0.6) is 0 Å². The molecule has 0 saturated carbocycles. The van der Waals surface area contributed by atoms with Gasteiger partial charge in [0.1, 0.15) is 6.07 Å². The van der Waals surface area contributed by atoms with Crippen molar-refractivity contribution in [2.75, 3.05) is 18.9 Å². The van der Waals surface area contributed by atoms with Crippen LogP contribution in [0.15, 0.2) is 18.2 Å². The van der Waals surface area contributed by atoms with E-state index in [4.69, 9.17) is 16.9 Å². The number of hydrogen-bond acceptors (Lipinski definition) is 3. The Morgan fingerprint density at radius 3 is 2.94 bits per heavy atom. The first-order valence-corrected chi connectivity index (χ1v) is 5.70. The molecule has 0 aromatic heterocycles. The predicted molar refractivity (Wildman–Crippen MR) is 68.0 cm³/mol. The van der Waals surface area contributed by atoms with E-state index in [0.717, 1.165) is 0 Å². The lowest BCUT2D eigenvalue weighted by Gasteiger charge is -2.08. The van der Waals surface area contributed by atoms with E-state index < -0.39 is 0 Å². The SMILES string of the molecule is CNC(=O)CCCNc1cccc(Cl)c1C#N. The van der Waals surface area contributed by atoms with Crippen molar-refractivity contribution in [3.05, 3.63) is 28.8 Å². The summed E-state index contributed by atoms with van der Waals surface area (Å²) in [7, 11) is 1.61. The Labute approximate surface area is 106 Å². The van der Waals surface area contributed by atoms with Gasteiger partial charge in [0, 0.05) is 20.0 Å². The van der Waals surface area contributed by atoms with Crippen LogP contribution in [0, 0.1) is 11.3 Å². The molecule has 0 fully saturated rings. The number of nitriles is 1. The number of benzene rings is 1. The molecule has 0 spiro atoms. The highest BCUT2D eigenvalue weighted by molar-refractivity contribution is 6.32. The lowest BCUT2D eigenvalue weighted by atomic mass is 10.2. The number of rotatable bonds is 5. The molecule has 1 amide bonds. The summed E-state index contributed by atoms with van der Waals surface area (Å²) in [4.78, 5) is 11.0. The van der Waals surface area contributed by atoms with Crippen LogP contribution in [0.1, 0.15) is 18.4 Å². The van der Waals surface area contributed by atoms with Crippen molar-refractivity contribution in [1.82, 2.24) is 5.32 Å². The second kappa shape index (κ2) is 6.77. The van der Waals surface area contributed by atoms with Gasteiger partial charge in [0.15, 0.2) is 0 Å². The van der Waals surface area contributed by atoms with Crippen LogP contribution in [0.2, 0.25) is 5.02 Å². The highest BCUT2D eigenvalue weighted by atomic mass is 35.5. The fourth-order valence-electron chi connectivity index (χ4n) is 1.38. The van der Waals surface area contributed by atoms with Crippen LogP contribution in [0.3, 0.4) is 0 Å². The van der Waals surface area contributed by atoms with Crippen molar-refractivity contribution in [2.24, 2.45) is 0 Å². The highest BCUT2D eigenvalue weighted by Crippen LogP contribution is 2.23. The largest absolute Gasteiger partial charge is 0.384 e. The lowest BCUT2D eigenvalue weighted by Crippen LogP contribution is -2.18. The van der Waals surface area contributed by atoms with E-state index in [9.17, 15) is 4.79 Å². The summed E-state index contributed by atoms with van der Waals surface area (Å²) in [6.07, 6.45) is 1.17. The van der Waals surface area contributed by atoms with Gasteiger partial charge < -0.3 is 10.6 Å².